The Kier molecular flexibility index (Phi) is 7.45. The fraction of sp³-hybridized carbons (Fsp3) is 0.833. The molecule has 0 aliphatic carbocycles. The van der Waals surface area contributed by atoms with Gasteiger partial charge >= 0.3 is 12.0 Å². The number of carboxylic acid groups (broad SMARTS) is 1. The maximum absolute atomic E-state index is 12.1. The van der Waals surface area contributed by atoms with Gasteiger partial charge in [-0.1, -0.05) is 13.3 Å². The summed E-state index contributed by atoms with van der Waals surface area (Å²) in [5, 5.41) is 12.0. The summed E-state index contributed by atoms with van der Waals surface area (Å²) in [6, 6.07) is -0.931. The van der Waals surface area contributed by atoms with Crippen LogP contribution in [0.25, 0.3) is 0 Å². The van der Waals surface area contributed by atoms with Gasteiger partial charge in [0.2, 0.25) is 0 Å². The molecule has 2 amide bonds. The van der Waals surface area contributed by atoms with E-state index in [0.29, 0.717) is 12.3 Å². The van der Waals surface area contributed by atoms with E-state index < -0.39 is 12.0 Å². The van der Waals surface area contributed by atoms with E-state index in [4.69, 9.17) is 0 Å². The first-order valence-electron chi connectivity index (χ1n) is 6.51. The molecule has 1 fully saturated rings. The van der Waals surface area contributed by atoms with Gasteiger partial charge in [-0.15, -0.1) is 11.8 Å². The maximum Gasteiger partial charge on any atom is 0.327 e. The van der Waals surface area contributed by atoms with Gasteiger partial charge in [0.1, 0.15) is 6.04 Å². The number of thioether (sulfide) groups is 2. The summed E-state index contributed by atoms with van der Waals surface area (Å²) in [5.41, 5.74) is 0. The lowest BCUT2D eigenvalue weighted by Gasteiger charge is -2.27. The number of rotatable bonds is 7. The summed E-state index contributed by atoms with van der Waals surface area (Å²) in [7, 11) is 0. The van der Waals surface area contributed by atoms with Crippen LogP contribution in [0.4, 0.5) is 4.79 Å². The maximum atomic E-state index is 12.1. The number of carbonyl (C=O) groups excluding carboxylic acids is 1. The van der Waals surface area contributed by atoms with E-state index in [1.807, 2.05) is 13.2 Å². The largest absolute Gasteiger partial charge is 0.480 e. The fourth-order valence-corrected chi connectivity index (χ4v) is 3.94. The smallest absolute Gasteiger partial charge is 0.327 e. The minimum atomic E-state index is -0.912. The molecule has 19 heavy (non-hydrogen) atoms. The van der Waals surface area contributed by atoms with Gasteiger partial charge in [-0.2, -0.15) is 11.8 Å². The first-order chi connectivity index (χ1) is 9.11. The number of aliphatic carboxylic acids is 1. The van der Waals surface area contributed by atoms with Crippen molar-refractivity contribution in [3.8, 4) is 0 Å². The Labute approximate surface area is 122 Å². The van der Waals surface area contributed by atoms with Gasteiger partial charge in [0.15, 0.2) is 0 Å². The molecule has 1 aliphatic rings. The highest BCUT2D eigenvalue weighted by molar-refractivity contribution is 8.00. The molecule has 2 atom stereocenters. The molecule has 1 rings (SSSR count). The lowest BCUT2D eigenvalue weighted by molar-refractivity contribution is -0.141. The van der Waals surface area contributed by atoms with Crippen LogP contribution in [0.1, 0.15) is 26.2 Å². The van der Waals surface area contributed by atoms with Crippen LogP contribution in [0.2, 0.25) is 0 Å². The highest BCUT2D eigenvalue weighted by Crippen LogP contribution is 2.32. The Morgan fingerprint density at radius 2 is 2.26 bits per heavy atom. The van der Waals surface area contributed by atoms with Gasteiger partial charge in [0.25, 0.3) is 0 Å². The van der Waals surface area contributed by atoms with Crippen molar-refractivity contribution in [2.24, 2.45) is 0 Å². The van der Waals surface area contributed by atoms with Crippen molar-refractivity contribution in [1.29, 1.82) is 0 Å². The SMILES string of the molecule is CCCC1SCC(C(=O)O)N1C(=O)NCCCSC. The number of amides is 2. The van der Waals surface area contributed by atoms with Crippen molar-refractivity contribution in [3.63, 3.8) is 0 Å². The van der Waals surface area contributed by atoms with Gasteiger partial charge in [0, 0.05) is 12.3 Å². The van der Waals surface area contributed by atoms with Crippen LogP contribution in [0.15, 0.2) is 0 Å². The topological polar surface area (TPSA) is 69.6 Å². The summed E-state index contributed by atoms with van der Waals surface area (Å²) in [6.45, 7) is 2.65. The van der Waals surface area contributed by atoms with E-state index >= 15 is 0 Å². The molecule has 7 heteroatoms. The average Bonchev–Trinajstić information content (AvgIpc) is 2.79. The molecule has 5 nitrogen and oxygen atoms in total. The Morgan fingerprint density at radius 3 is 2.84 bits per heavy atom. The van der Waals surface area contributed by atoms with Crippen LogP contribution >= 0.6 is 23.5 Å². The van der Waals surface area contributed by atoms with Crippen molar-refractivity contribution >= 4 is 35.5 Å². The summed E-state index contributed by atoms with van der Waals surface area (Å²) < 4.78 is 0. The summed E-state index contributed by atoms with van der Waals surface area (Å²) >= 11 is 3.30. The molecule has 0 aromatic heterocycles. The zero-order chi connectivity index (χ0) is 14.3. The molecule has 2 unspecified atom stereocenters. The first kappa shape index (κ1) is 16.5. The Balaban J connectivity index is 2.56. The van der Waals surface area contributed by atoms with Crippen molar-refractivity contribution in [2.45, 2.75) is 37.6 Å². The molecule has 110 valence electrons. The molecule has 0 aromatic rings. The molecular weight excluding hydrogens is 284 g/mol. The molecule has 1 heterocycles. The minimum Gasteiger partial charge on any atom is -0.480 e. The Bertz CT molecular complexity index is 315. The molecule has 0 saturated carbocycles. The van der Waals surface area contributed by atoms with Crippen molar-refractivity contribution in [3.05, 3.63) is 0 Å². The quantitative estimate of drug-likeness (QED) is 0.705. The minimum absolute atomic E-state index is 0.00773. The van der Waals surface area contributed by atoms with Gasteiger partial charge in [-0.05, 0) is 24.9 Å². The molecule has 1 aliphatic heterocycles. The van der Waals surface area contributed by atoms with Gasteiger partial charge < -0.3 is 10.4 Å². The second kappa shape index (κ2) is 8.58. The van der Waals surface area contributed by atoms with Gasteiger partial charge in [-0.25, -0.2) is 9.59 Å². The van der Waals surface area contributed by atoms with E-state index in [0.717, 1.165) is 25.0 Å². The van der Waals surface area contributed by atoms with E-state index in [1.165, 1.54) is 4.90 Å². The third-order valence-corrected chi connectivity index (χ3v) is 5.00. The lowest BCUT2D eigenvalue weighted by Crippen LogP contribution is -2.50. The lowest BCUT2D eigenvalue weighted by atomic mass is 10.2. The van der Waals surface area contributed by atoms with E-state index in [9.17, 15) is 14.7 Å². The number of nitrogens with zero attached hydrogens (tertiary/aromatic N) is 1. The van der Waals surface area contributed by atoms with Crippen molar-refractivity contribution in [2.75, 3.05) is 24.3 Å². The van der Waals surface area contributed by atoms with Crippen LogP contribution in [0.3, 0.4) is 0 Å². The van der Waals surface area contributed by atoms with Crippen LogP contribution < -0.4 is 5.32 Å². The Hall–Kier alpha value is -0.560. The highest BCUT2D eigenvalue weighted by Gasteiger charge is 2.40. The third-order valence-electron chi connectivity index (χ3n) is 2.95. The average molecular weight is 306 g/mol. The molecule has 2 N–H and O–H groups in total. The predicted molar refractivity (Wildman–Crippen MR) is 80.8 cm³/mol. The highest BCUT2D eigenvalue weighted by atomic mass is 32.2. The van der Waals surface area contributed by atoms with Crippen LogP contribution in [0, 0.1) is 0 Å². The summed E-state index contributed by atoms with van der Waals surface area (Å²) in [5.74, 6) is 0.568. The second-order valence-corrected chi connectivity index (χ2v) is 6.61. The molecular formula is C12H22N2O3S2. The standard InChI is InChI=1S/C12H22N2O3S2/c1-3-5-10-14(9(8-19-10)11(15)16)12(17)13-6-4-7-18-2/h9-10H,3-8H2,1-2H3,(H,13,17)(H,15,16). The van der Waals surface area contributed by atoms with Crippen LogP contribution in [-0.4, -0.2) is 57.7 Å². The number of nitrogens with one attached hydrogen (secondary N) is 1. The molecule has 0 spiro atoms. The number of carbonyl (C=O) groups is 2. The first-order valence-corrected chi connectivity index (χ1v) is 8.95. The molecule has 0 radical (unpaired) electrons. The zero-order valence-electron chi connectivity index (χ0n) is 11.4. The van der Waals surface area contributed by atoms with Gasteiger partial charge in [-0.3, -0.25) is 4.90 Å². The van der Waals surface area contributed by atoms with Crippen LogP contribution in [0.5, 0.6) is 0 Å². The number of hydrogen-bond donors (Lipinski definition) is 2. The Morgan fingerprint density at radius 1 is 1.53 bits per heavy atom. The third kappa shape index (κ3) is 4.80. The summed E-state index contributed by atoms with van der Waals surface area (Å²) in [6.07, 6.45) is 4.72. The van der Waals surface area contributed by atoms with Gasteiger partial charge in [0.05, 0.1) is 5.37 Å². The zero-order valence-corrected chi connectivity index (χ0v) is 13.1. The van der Waals surface area contributed by atoms with E-state index in [-0.39, 0.29) is 11.4 Å². The molecule has 1 saturated heterocycles. The van der Waals surface area contributed by atoms with E-state index in [1.54, 1.807) is 23.5 Å². The van der Waals surface area contributed by atoms with E-state index in [2.05, 4.69) is 5.32 Å². The predicted octanol–water partition coefficient (Wildman–Crippen LogP) is 2.08. The number of hydrogen-bond acceptors (Lipinski definition) is 4. The number of carboxylic acids is 1. The summed E-state index contributed by atoms with van der Waals surface area (Å²) in [4.78, 5) is 24.9. The second-order valence-electron chi connectivity index (χ2n) is 4.42. The normalized spacial score (nSPS) is 22.5. The molecule has 0 bridgehead atoms. The monoisotopic (exact) mass is 306 g/mol. The number of urea groups is 1. The van der Waals surface area contributed by atoms with Crippen molar-refractivity contribution in [1.82, 2.24) is 10.2 Å². The molecule has 0 aromatic carbocycles. The van der Waals surface area contributed by atoms with Crippen molar-refractivity contribution < 1.29 is 14.7 Å². The van der Waals surface area contributed by atoms with Crippen LogP contribution in [-0.2, 0) is 4.79 Å². The fourth-order valence-electron chi connectivity index (χ4n) is 2.00.